The Morgan fingerprint density at radius 3 is 2.35 bits per heavy atom. The summed E-state index contributed by atoms with van der Waals surface area (Å²) in [6.07, 6.45) is 7.22. The van der Waals surface area contributed by atoms with Gasteiger partial charge in [-0.1, -0.05) is 36.8 Å². The van der Waals surface area contributed by atoms with Gasteiger partial charge in [-0.3, -0.25) is 0 Å². The van der Waals surface area contributed by atoms with Crippen LogP contribution >= 0.6 is 0 Å². The first-order chi connectivity index (χ1) is 9.80. The Balaban J connectivity index is 1.60. The maximum atomic E-state index is 12.2. The molecule has 108 valence electrons. The summed E-state index contributed by atoms with van der Waals surface area (Å²) in [7, 11) is 0. The minimum Gasteiger partial charge on any atom is -0.337 e. The summed E-state index contributed by atoms with van der Waals surface area (Å²) >= 11 is 0. The summed E-state index contributed by atoms with van der Waals surface area (Å²) in [5.74, 6) is 0. The minimum atomic E-state index is 0.131. The zero-order valence-corrected chi connectivity index (χ0v) is 12.1. The molecular formula is C17H24N2O. The number of benzene rings is 1. The molecule has 20 heavy (non-hydrogen) atoms. The summed E-state index contributed by atoms with van der Waals surface area (Å²) in [4.78, 5) is 14.2. The molecule has 0 spiro atoms. The number of piperidine rings is 1. The lowest BCUT2D eigenvalue weighted by Crippen LogP contribution is -2.50. The average molecular weight is 272 g/mol. The van der Waals surface area contributed by atoms with Crippen LogP contribution in [0, 0.1) is 0 Å². The number of likely N-dealkylation sites (tertiary alicyclic amines) is 1. The molecule has 1 N–H and O–H groups in total. The van der Waals surface area contributed by atoms with E-state index in [0.717, 1.165) is 32.5 Å². The van der Waals surface area contributed by atoms with E-state index in [4.69, 9.17) is 0 Å². The van der Waals surface area contributed by atoms with E-state index in [2.05, 4.69) is 35.6 Å². The molecule has 0 radical (unpaired) electrons. The van der Waals surface area contributed by atoms with E-state index in [-0.39, 0.29) is 11.4 Å². The van der Waals surface area contributed by atoms with E-state index in [1.165, 1.54) is 31.2 Å². The van der Waals surface area contributed by atoms with Crippen LogP contribution in [0.3, 0.4) is 0 Å². The van der Waals surface area contributed by atoms with Crippen LogP contribution in [0.5, 0.6) is 0 Å². The van der Waals surface area contributed by atoms with Crippen molar-refractivity contribution in [2.45, 2.75) is 43.9 Å². The highest BCUT2D eigenvalue weighted by molar-refractivity contribution is 5.74. The predicted octanol–water partition coefficient (Wildman–Crippen LogP) is 3.30. The molecule has 0 unspecified atom stereocenters. The Labute approximate surface area is 121 Å². The largest absolute Gasteiger partial charge is 0.337 e. The fourth-order valence-corrected chi connectivity index (χ4v) is 3.42. The van der Waals surface area contributed by atoms with Gasteiger partial charge in [0.2, 0.25) is 0 Å². The van der Waals surface area contributed by atoms with Crippen LogP contribution in [0.1, 0.15) is 44.1 Å². The van der Waals surface area contributed by atoms with E-state index in [0.29, 0.717) is 0 Å². The van der Waals surface area contributed by atoms with Crippen molar-refractivity contribution >= 4 is 6.03 Å². The van der Waals surface area contributed by atoms with Crippen LogP contribution in [0.4, 0.5) is 4.79 Å². The number of carbonyl (C=O) groups is 1. The lowest BCUT2D eigenvalue weighted by molar-refractivity contribution is 0.174. The van der Waals surface area contributed by atoms with Gasteiger partial charge in [-0.05, 0) is 37.7 Å². The molecule has 2 amide bonds. The maximum Gasteiger partial charge on any atom is 0.317 e. The quantitative estimate of drug-likeness (QED) is 0.899. The third-order valence-corrected chi connectivity index (χ3v) is 4.92. The number of carbonyl (C=O) groups excluding carboxylic acids is 1. The van der Waals surface area contributed by atoms with Gasteiger partial charge in [0.05, 0.1) is 0 Å². The van der Waals surface area contributed by atoms with Crippen molar-refractivity contribution in [2.75, 3.05) is 19.6 Å². The third kappa shape index (κ3) is 2.67. The van der Waals surface area contributed by atoms with Crippen LogP contribution in [-0.2, 0) is 5.41 Å². The number of nitrogens with one attached hydrogen (secondary N) is 1. The van der Waals surface area contributed by atoms with Gasteiger partial charge in [0.15, 0.2) is 0 Å². The Bertz CT molecular complexity index is 447. The fraction of sp³-hybridized carbons (Fsp3) is 0.588. The third-order valence-electron chi connectivity index (χ3n) is 4.92. The van der Waals surface area contributed by atoms with Crippen molar-refractivity contribution in [3.05, 3.63) is 35.9 Å². The molecule has 1 saturated carbocycles. The van der Waals surface area contributed by atoms with Gasteiger partial charge < -0.3 is 10.2 Å². The molecule has 1 saturated heterocycles. The van der Waals surface area contributed by atoms with E-state index in [1.807, 2.05) is 4.90 Å². The number of urea groups is 1. The zero-order chi connectivity index (χ0) is 13.8. The molecule has 2 fully saturated rings. The molecule has 0 bridgehead atoms. The highest BCUT2D eigenvalue weighted by atomic mass is 16.2. The Hall–Kier alpha value is -1.51. The summed E-state index contributed by atoms with van der Waals surface area (Å²) < 4.78 is 0. The number of hydrogen-bond donors (Lipinski definition) is 1. The summed E-state index contributed by atoms with van der Waals surface area (Å²) in [6.45, 7) is 2.63. The number of nitrogens with zero attached hydrogens (tertiary/aromatic N) is 1. The van der Waals surface area contributed by atoms with Gasteiger partial charge in [-0.25, -0.2) is 4.79 Å². The van der Waals surface area contributed by atoms with Crippen molar-refractivity contribution in [1.82, 2.24) is 10.2 Å². The normalized spacial score (nSPS) is 21.1. The summed E-state index contributed by atoms with van der Waals surface area (Å²) in [5, 5.41) is 3.18. The second-order valence-electron chi connectivity index (χ2n) is 6.21. The van der Waals surface area contributed by atoms with Crippen LogP contribution in [0.15, 0.2) is 30.3 Å². The molecule has 3 heteroatoms. The highest BCUT2D eigenvalue weighted by Gasteiger charge is 2.39. The van der Waals surface area contributed by atoms with Gasteiger partial charge in [-0.15, -0.1) is 0 Å². The van der Waals surface area contributed by atoms with Crippen molar-refractivity contribution in [3.8, 4) is 0 Å². The highest BCUT2D eigenvalue weighted by Crippen LogP contribution is 2.43. The second-order valence-corrected chi connectivity index (χ2v) is 6.21. The average Bonchev–Trinajstić information content (AvgIpc) is 2.48. The molecular weight excluding hydrogens is 248 g/mol. The number of rotatable bonds is 3. The SMILES string of the molecule is O=C(NCC1(c2ccccc2)CCC1)N1CCCCC1. The maximum absolute atomic E-state index is 12.2. The topological polar surface area (TPSA) is 32.3 Å². The first-order valence-electron chi connectivity index (χ1n) is 7.89. The van der Waals surface area contributed by atoms with Gasteiger partial charge >= 0.3 is 6.03 Å². The molecule has 1 heterocycles. The standard InChI is InChI=1S/C17H24N2O/c20-16(19-12-5-2-6-13-19)18-14-17(10-7-11-17)15-8-3-1-4-9-15/h1,3-4,8-9H,2,5-7,10-14H2,(H,18,20). The van der Waals surface area contributed by atoms with Gasteiger partial charge in [0.25, 0.3) is 0 Å². The van der Waals surface area contributed by atoms with Crippen molar-refractivity contribution in [3.63, 3.8) is 0 Å². The van der Waals surface area contributed by atoms with Crippen molar-refractivity contribution < 1.29 is 4.79 Å². The lowest BCUT2D eigenvalue weighted by atomic mass is 9.64. The van der Waals surface area contributed by atoms with Crippen molar-refractivity contribution in [2.24, 2.45) is 0 Å². The molecule has 1 aliphatic carbocycles. The molecule has 0 aromatic heterocycles. The van der Waals surface area contributed by atoms with Gasteiger partial charge in [-0.2, -0.15) is 0 Å². The molecule has 1 aliphatic heterocycles. The van der Waals surface area contributed by atoms with E-state index in [1.54, 1.807) is 0 Å². The van der Waals surface area contributed by atoms with Crippen LogP contribution in [-0.4, -0.2) is 30.6 Å². The molecule has 2 aliphatic rings. The smallest absolute Gasteiger partial charge is 0.317 e. The minimum absolute atomic E-state index is 0.131. The van der Waals surface area contributed by atoms with E-state index in [9.17, 15) is 4.79 Å². The fourth-order valence-electron chi connectivity index (χ4n) is 3.42. The Morgan fingerprint density at radius 1 is 1.05 bits per heavy atom. The molecule has 0 atom stereocenters. The summed E-state index contributed by atoms with van der Waals surface area (Å²) in [5.41, 5.74) is 1.57. The number of hydrogen-bond acceptors (Lipinski definition) is 1. The molecule has 3 nitrogen and oxygen atoms in total. The zero-order valence-electron chi connectivity index (χ0n) is 12.1. The predicted molar refractivity (Wildman–Crippen MR) is 80.8 cm³/mol. The summed E-state index contributed by atoms with van der Waals surface area (Å²) in [6, 6.07) is 10.8. The second kappa shape index (κ2) is 5.86. The van der Waals surface area contributed by atoms with E-state index < -0.39 is 0 Å². The first-order valence-corrected chi connectivity index (χ1v) is 7.89. The molecule has 3 rings (SSSR count). The molecule has 1 aromatic carbocycles. The lowest BCUT2D eigenvalue weighted by Gasteiger charge is -2.43. The first kappa shape index (κ1) is 13.5. The van der Waals surface area contributed by atoms with Crippen molar-refractivity contribution in [1.29, 1.82) is 0 Å². The molecule has 1 aromatic rings. The Morgan fingerprint density at radius 2 is 1.75 bits per heavy atom. The monoisotopic (exact) mass is 272 g/mol. The van der Waals surface area contributed by atoms with Crippen LogP contribution < -0.4 is 5.32 Å². The van der Waals surface area contributed by atoms with E-state index >= 15 is 0 Å². The van der Waals surface area contributed by atoms with Crippen LogP contribution in [0.25, 0.3) is 0 Å². The van der Waals surface area contributed by atoms with Gasteiger partial charge in [0.1, 0.15) is 0 Å². The van der Waals surface area contributed by atoms with Crippen LogP contribution in [0.2, 0.25) is 0 Å². The number of amides is 2. The van der Waals surface area contributed by atoms with Gasteiger partial charge in [0, 0.05) is 25.0 Å². The Kier molecular flexibility index (Phi) is 3.95.